The number of rotatable bonds is 4. The van der Waals surface area contributed by atoms with E-state index in [1.54, 1.807) is 0 Å². The number of hydrogen-bond acceptors (Lipinski definition) is 2. The van der Waals surface area contributed by atoms with Gasteiger partial charge in [-0.25, -0.2) is 0 Å². The molecular formula is C13H26N2O. The van der Waals surface area contributed by atoms with Gasteiger partial charge in [0, 0.05) is 25.6 Å². The van der Waals surface area contributed by atoms with Crippen LogP contribution in [0.5, 0.6) is 0 Å². The number of amides is 1. The standard InChI is InChI=1S/C13H26N2O/c1-4-5-8-15(3)13(16)11-7-6-10(2)12(14)9-11/h10-12H,4-9,14H2,1-3H3. The van der Waals surface area contributed by atoms with Crippen molar-refractivity contribution in [3.8, 4) is 0 Å². The van der Waals surface area contributed by atoms with Crippen LogP contribution in [-0.2, 0) is 4.79 Å². The summed E-state index contributed by atoms with van der Waals surface area (Å²) in [6.45, 7) is 5.22. The van der Waals surface area contributed by atoms with Crippen LogP contribution in [0.2, 0.25) is 0 Å². The first-order valence-electron chi connectivity index (χ1n) is 6.56. The van der Waals surface area contributed by atoms with Gasteiger partial charge in [-0.1, -0.05) is 20.3 Å². The lowest BCUT2D eigenvalue weighted by molar-refractivity contribution is -0.135. The highest BCUT2D eigenvalue weighted by Gasteiger charge is 2.30. The normalized spacial score (nSPS) is 30.1. The molecular weight excluding hydrogens is 200 g/mol. The smallest absolute Gasteiger partial charge is 0.225 e. The molecule has 0 saturated heterocycles. The summed E-state index contributed by atoms with van der Waals surface area (Å²) in [6, 6.07) is 0.210. The maximum Gasteiger partial charge on any atom is 0.225 e. The molecule has 0 aromatic rings. The third kappa shape index (κ3) is 3.48. The van der Waals surface area contributed by atoms with Crippen molar-refractivity contribution in [1.29, 1.82) is 0 Å². The van der Waals surface area contributed by atoms with E-state index >= 15 is 0 Å². The lowest BCUT2D eigenvalue weighted by Crippen LogP contribution is -2.42. The second-order valence-electron chi connectivity index (χ2n) is 5.26. The molecule has 1 fully saturated rings. The Labute approximate surface area is 99.4 Å². The highest BCUT2D eigenvalue weighted by molar-refractivity contribution is 5.78. The van der Waals surface area contributed by atoms with Crippen LogP contribution in [0.3, 0.4) is 0 Å². The van der Waals surface area contributed by atoms with Gasteiger partial charge in [0.25, 0.3) is 0 Å². The first-order valence-corrected chi connectivity index (χ1v) is 6.56. The van der Waals surface area contributed by atoms with Crippen LogP contribution in [0.25, 0.3) is 0 Å². The lowest BCUT2D eigenvalue weighted by atomic mass is 9.79. The fourth-order valence-corrected chi connectivity index (χ4v) is 2.40. The summed E-state index contributed by atoms with van der Waals surface area (Å²) in [5.41, 5.74) is 6.04. The molecule has 0 heterocycles. The van der Waals surface area contributed by atoms with E-state index < -0.39 is 0 Å². The molecule has 1 aliphatic rings. The molecule has 3 nitrogen and oxygen atoms in total. The number of hydrogen-bond donors (Lipinski definition) is 1. The van der Waals surface area contributed by atoms with Crippen molar-refractivity contribution in [2.24, 2.45) is 17.6 Å². The average molecular weight is 226 g/mol. The van der Waals surface area contributed by atoms with Crippen molar-refractivity contribution < 1.29 is 4.79 Å². The van der Waals surface area contributed by atoms with Crippen LogP contribution in [0.1, 0.15) is 46.0 Å². The summed E-state index contributed by atoms with van der Waals surface area (Å²) in [6.07, 6.45) is 5.22. The molecule has 0 aromatic carbocycles. The summed E-state index contributed by atoms with van der Waals surface area (Å²) in [7, 11) is 1.92. The van der Waals surface area contributed by atoms with E-state index in [0.29, 0.717) is 11.8 Å². The Kier molecular flexibility index (Phi) is 5.26. The van der Waals surface area contributed by atoms with Gasteiger partial charge in [-0.15, -0.1) is 0 Å². The third-order valence-electron chi connectivity index (χ3n) is 3.83. The Hall–Kier alpha value is -0.570. The van der Waals surface area contributed by atoms with Gasteiger partial charge in [0.05, 0.1) is 0 Å². The molecule has 0 radical (unpaired) electrons. The first kappa shape index (κ1) is 13.5. The van der Waals surface area contributed by atoms with E-state index in [1.807, 2.05) is 11.9 Å². The number of carbonyl (C=O) groups is 1. The predicted molar refractivity (Wildman–Crippen MR) is 67.0 cm³/mol. The molecule has 1 rings (SSSR count). The van der Waals surface area contributed by atoms with Gasteiger partial charge in [0.15, 0.2) is 0 Å². The molecule has 2 N–H and O–H groups in total. The van der Waals surface area contributed by atoms with Crippen molar-refractivity contribution in [3.63, 3.8) is 0 Å². The second-order valence-corrected chi connectivity index (χ2v) is 5.26. The zero-order valence-corrected chi connectivity index (χ0v) is 10.9. The predicted octanol–water partition coefficient (Wildman–Crippen LogP) is 2.01. The summed E-state index contributed by atoms with van der Waals surface area (Å²) in [5, 5.41) is 0. The van der Waals surface area contributed by atoms with Gasteiger partial charge in [-0.05, 0) is 31.6 Å². The van der Waals surface area contributed by atoms with Gasteiger partial charge in [-0.3, -0.25) is 4.79 Å². The topological polar surface area (TPSA) is 46.3 Å². The molecule has 0 bridgehead atoms. The maximum atomic E-state index is 12.1. The highest BCUT2D eigenvalue weighted by Crippen LogP contribution is 2.28. The Morgan fingerprint density at radius 2 is 2.12 bits per heavy atom. The molecule has 3 unspecified atom stereocenters. The number of nitrogens with zero attached hydrogens (tertiary/aromatic N) is 1. The molecule has 3 atom stereocenters. The van der Waals surface area contributed by atoms with Crippen LogP contribution in [-0.4, -0.2) is 30.4 Å². The molecule has 1 aliphatic carbocycles. The Bertz CT molecular complexity index is 230. The monoisotopic (exact) mass is 226 g/mol. The molecule has 0 aliphatic heterocycles. The van der Waals surface area contributed by atoms with E-state index in [-0.39, 0.29) is 12.0 Å². The summed E-state index contributed by atoms with van der Waals surface area (Å²) in [5.74, 6) is 1.05. The van der Waals surface area contributed by atoms with Crippen molar-refractivity contribution in [2.75, 3.05) is 13.6 Å². The molecule has 16 heavy (non-hydrogen) atoms. The molecule has 94 valence electrons. The summed E-state index contributed by atoms with van der Waals surface area (Å²) < 4.78 is 0. The minimum atomic E-state index is 0.174. The van der Waals surface area contributed by atoms with Crippen LogP contribution in [0.4, 0.5) is 0 Å². The number of unbranched alkanes of at least 4 members (excludes halogenated alkanes) is 1. The largest absolute Gasteiger partial charge is 0.346 e. The minimum Gasteiger partial charge on any atom is -0.346 e. The van der Waals surface area contributed by atoms with E-state index in [2.05, 4.69) is 13.8 Å². The van der Waals surface area contributed by atoms with Crippen LogP contribution >= 0.6 is 0 Å². The van der Waals surface area contributed by atoms with Crippen LogP contribution < -0.4 is 5.73 Å². The van der Waals surface area contributed by atoms with Crippen LogP contribution in [0.15, 0.2) is 0 Å². The van der Waals surface area contributed by atoms with Crippen molar-refractivity contribution in [3.05, 3.63) is 0 Å². The van der Waals surface area contributed by atoms with Gasteiger partial charge >= 0.3 is 0 Å². The van der Waals surface area contributed by atoms with Gasteiger partial charge in [0.2, 0.25) is 5.91 Å². The van der Waals surface area contributed by atoms with Gasteiger partial charge < -0.3 is 10.6 Å². The number of carbonyl (C=O) groups excluding carboxylic acids is 1. The fourth-order valence-electron chi connectivity index (χ4n) is 2.40. The Morgan fingerprint density at radius 3 is 2.69 bits per heavy atom. The van der Waals surface area contributed by atoms with Crippen molar-refractivity contribution in [2.45, 2.75) is 52.0 Å². The highest BCUT2D eigenvalue weighted by atomic mass is 16.2. The van der Waals surface area contributed by atoms with Crippen molar-refractivity contribution >= 4 is 5.91 Å². The van der Waals surface area contributed by atoms with Crippen molar-refractivity contribution in [1.82, 2.24) is 4.90 Å². The van der Waals surface area contributed by atoms with Gasteiger partial charge in [0.1, 0.15) is 0 Å². The Morgan fingerprint density at radius 1 is 1.44 bits per heavy atom. The lowest BCUT2D eigenvalue weighted by Gasteiger charge is -2.33. The zero-order valence-electron chi connectivity index (χ0n) is 10.9. The fraction of sp³-hybridized carbons (Fsp3) is 0.923. The molecule has 3 heteroatoms. The summed E-state index contributed by atoms with van der Waals surface area (Å²) >= 11 is 0. The number of nitrogens with two attached hydrogens (primary N) is 1. The van der Waals surface area contributed by atoms with E-state index in [9.17, 15) is 4.79 Å². The zero-order chi connectivity index (χ0) is 12.1. The second kappa shape index (κ2) is 6.24. The minimum absolute atomic E-state index is 0.174. The first-order chi connectivity index (χ1) is 7.56. The SMILES string of the molecule is CCCCN(C)C(=O)C1CCC(C)C(N)C1. The maximum absolute atomic E-state index is 12.1. The molecule has 0 aromatic heterocycles. The molecule has 1 amide bonds. The quantitative estimate of drug-likeness (QED) is 0.797. The Balaban J connectivity index is 2.42. The van der Waals surface area contributed by atoms with E-state index in [4.69, 9.17) is 5.73 Å². The van der Waals surface area contributed by atoms with E-state index in [0.717, 1.165) is 38.6 Å². The van der Waals surface area contributed by atoms with Gasteiger partial charge in [-0.2, -0.15) is 0 Å². The molecule has 1 saturated carbocycles. The van der Waals surface area contributed by atoms with Crippen LogP contribution in [0, 0.1) is 11.8 Å². The van der Waals surface area contributed by atoms with E-state index in [1.165, 1.54) is 0 Å². The third-order valence-corrected chi connectivity index (χ3v) is 3.83. The average Bonchev–Trinajstić information content (AvgIpc) is 2.28. The molecule has 0 spiro atoms. The summed E-state index contributed by atoms with van der Waals surface area (Å²) in [4.78, 5) is 14.0.